The van der Waals surface area contributed by atoms with E-state index in [2.05, 4.69) is 5.32 Å². The van der Waals surface area contributed by atoms with Crippen molar-refractivity contribution in [3.8, 4) is 11.5 Å². The summed E-state index contributed by atoms with van der Waals surface area (Å²) in [7, 11) is 3.12. The Hall–Kier alpha value is -3.09. The number of rotatable bonds is 3. The highest BCUT2D eigenvalue weighted by Gasteiger charge is 2.27. The van der Waals surface area contributed by atoms with Gasteiger partial charge in [0.2, 0.25) is 0 Å². The second kappa shape index (κ2) is 7.43. The average molecular weight is 358 g/mol. The molecule has 1 N–H and O–H groups in total. The lowest BCUT2D eigenvalue weighted by Crippen LogP contribution is -2.42. The summed E-state index contributed by atoms with van der Waals surface area (Å²) in [6.45, 7) is 0.740. The fraction of sp³-hybridized carbons (Fsp3) is 0.263. The molecule has 0 spiro atoms. The van der Waals surface area contributed by atoms with Crippen LogP contribution in [-0.2, 0) is 22.6 Å². The molecule has 2 aromatic carbocycles. The van der Waals surface area contributed by atoms with E-state index in [1.54, 1.807) is 14.2 Å². The number of hydrogen-bond donors (Lipinski definition) is 1. The number of nitrogens with zero attached hydrogens (tertiary/aromatic N) is 1. The third kappa shape index (κ3) is 3.61. The maximum absolute atomic E-state index is 12.9. The first kappa shape index (κ1) is 17.7. The lowest BCUT2D eigenvalue weighted by atomic mass is 9.98. The first-order valence-electron chi connectivity index (χ1n) is 8.11. The average Bonchev–Trinajstić information content (AvgIpc) is 2.67. The van der Waals surface area contributed by atoms with E-state index in [-0.39, 0.29) is 0 Å². The van der Waals surface area contributed by atoms with E-state index in [4.69, 9.17) is 9.47 Å². The number of halogens is 1. The van der Waals surface area contributed by atoms with Gasteiger partial charge in [-0.15, -0.1) is 0 Å². The molecule has 6 nitrogen and oxygen atoms in total. The minimum Gasteiger partial charge on any atom is -0.493 e. The van der Waals surface area contributed by atoms with Gasteiger partial charge in [0.15, 0.2) is 11.5 Å². The van der Waals surface area contributed by atoms with Gasteiger partial charge in [0.05, 0.1) is 14.2 Å². The van der Waals surface area contributed by atoms with E-state index in [0.717, 1.165) is 11.1 Å². The zero-order chi connectivity index (χ0) is 18.7. The van der Waals surface area contributed by atoms with Crippen molar-refractivity contribution in [3.05, 3.63) is 53.3 Å². The van der Waals surface area contributed by atoms with Gasteiger partial charge in [0.25, 0.3) is 0 Å². The Morgan fingerprint density at radius 1 is 1.04 bits per heavy atom. The zero-order valence-electron chi connectivity index (χ0n) is 14.5. The summed E-state index contributed by atoms with van der Waals surface area (Å²) in [6.07, 6.45) is 0.616. The maximum atomic E-state index is 12.9. The molecule has 0 fully saturated rings. The summed E-state index contributed by atoms with van der Waals surface area (Å²) in [5.74, 6) is -0.571. The molecule has 0 bridgehead atoms. The molecular weight excluding hydrogens is 339 g/mol. The van der Waals surface area contributed by atoms with Crippen LogP contribution < -0.4 is 14.8 Å². The number of anilines is 1. The number of carbonyl (C=O) groups is 2. The van der Waals surface area contributed by atoms with E-state index in [1.807, 2.05) is 12.1 Å². The summed E-state index contributed by atoms with van der Waals surface area (Å²) in [5, 5.41) is 2.49. The number of nitrogens with one attached hydrogen (secondary N) is 1. The molecule has 0 atom stereocenters. The molecule has 0 aromatic heterocycles. The second-order valence-electron chi connectivity index (χ2n) is 5.91. The van der Waals surface area contributed by atoms with E-state index in [9.17, 15) is 14.0 Å². The summed E-state index contributed by atoms with van der Waals surface area (Å²) < 4.78 is 23.5. The van der Waals surface area contributed by atoms with Crippen LogP contribution in [0.2, 0.25) is 0 Å². The van der Waals surface area contributed by atoms with Gasteiger partial charge in [-0.3, -0.25) is 9.59 Å². The van der Waals surface area contributed by atoms with Gasteiger partial charge in [-0.05, 0) is 53.9 Å². The van der Waals surface area contributed by atoms with E-state index in [1.165, 1.54) is 29.2 Å². The topological polar surface area (TPSA) is 67.9 Å². The predicted molar refractivity (Wildman–Crippen MR) is 93.7 cm³/mol. The van der Waals surface area contributed by atoms with Gasteiger partial charge in [-0.1, -0.05) is 0 Å². The molecule has 7 heteroatoms. The highest BCUT2D eigenvalue weighted by atomic mass is 19.1. The van der Waals surface area contributed by atoms with Crippen molar-refractivity contribution in [1.29, 1.82) is 0 Å². The lowest BCUT2D eigenvalue weighted by molar-refractivity contribution is -0.143. The largest absolute Gasteiger partial charge is 0.493 e. The zero-order valence-corrected chi connectivity index (χ0v) is 14.5. The first-order chi connectivity index (χ1) is 12.5. The van der Waals surface area contributed by atoms with Crippen LogP contribution in [0.4, 0.5) is 10.1 Å². The third-order valence-corrected chi connectivity index (χ3v) is 4.30. The van der Waals surface area contributed by atoms with Crippen LogP contribution in [0.3, 0.4) is 0 Å². The van der Waals surface area contributed by atoms with Crippen molar-refractivity contribution in [1.82, 2.24) is 4.90 Å². The lowest BCUT2D eigenvalue weighted by Gasteiger charge is -2.29. The van der Waals surface area contributed by atoms with Crippen molar-refractivity contribution in [2.24, 2.45) is 0 Å². The van der Waals surface area contributed by atoms with Gasteiger partial charge in [-0.2, -0.15) is 0 Å². The molecule has 26 heavy (non-hydrogen) atoms. The van der Waals surface area contributed by atoms with Gasteiger partial charge in [-0.25, -0.2) is 4.39 Å². The SMILES string of the molecule is COc1cc2c(cc1OC)CN(C(=O)C(=O)Nc1ccc(F)cc1)CC2. The minimum absolute atomic E-state index is 0.311. The van der Waals surface area contributed by atoms with Crippen molar-refractivity contribution in [3.63, 3.8) is 0 Å². The van der Waals surface area contributed by atoms with E-state index in [0.29, 0.717) is 36.7 Å². The second-order valence-corrected chi connectivity index (χ2v) is 5.91. The molecule has 0 unspecified atom stereocenters. The van der Waals surface area contributed by atoms with Crippen molar-refractivity contribution >= 4 is 17.5 Å². The number of fused-ring (bicyclic) bond motifs is 1. The molecule has 0 saturated heterocycles. The van der Waals surface area contributed by atoms with Crippen LogP contribution >= 0.6 is 0 Å². The molecule has 3 rings (SSSR count). The molecule has 0 radical (unpaired) electrons. The number of methoxy groups -OCH3 is 2. The molecule has 1 aliphatic heterocycles. The molecule has 2 amide bonds. The van der Waals surface area contributed by atoms with Gasteiger partial charge < -0.3 is 19.7 Å². The Balaban J connectivity index is 1.72. The summed E-state index contributed by atoms with van der Waals surface area (Å²) in [5.41, 5.74) is 2.34. The van der Waals surface area contributed by atoms with Crippen LogP contribution in [0.1, 0.15) is 11.1 Å². The van der Waals surface area contributed by atoms with Crippen LogP contribution in [0.25, 0.3) is 0 Å². The Labute approximate surface area is 150 Å². The quantitative estimate of drug-likeness (QED) is 0.856. The van der Waals surface area contributed by atoms with Crippen LogP contribution in [-0.4, -0.2) is 37.5 Å². The Kier molecular flexibility index (Phi) is 5.06. The number of benzene rings is 2. The summed E-state index contributed by atoms with van der Waals surface area (Å²) >= 11 is 0. The monoisotopic (exact) mass is 358 g/mol. The Morgan fingerprint density at radius 2 is 1.65 bits per heavy atom. The number of hydrogen-bond acceptors (Lipinski definition) is 4. The molecule has 0 aliphatic carbocycles. The number of amides is 2. The van der Waals surface area contributed by atoms with Gasteiger partial charge in [0.1, 0.15) is 5.82 Å². The highest BCUT2D eigenvalue weighted by molar-refractivity contribution is 6.39. The smallest absolute Gasteiger partial charge is 0.313 e. The first-order valence-corrected chi connectivity index (χ1v) is 8.11. The van der Waals surface area contributed by atoms with Crippen molar-refractivity contribution in [2.75, 3.05) is 26.1 Å². The fourth-order valence-corrected chi connectivity index (χ4v) is 2.92. The van der Waals surface area contributed by atoms with Gasteiger partial charge >= 0.3 is 11.8 Å². The van der Waals surface area contributed by atoms with Crippen molar-refractivity contribution in [2.45, 2.75) is 13.0 Å². The highest BCUT2D eigenvalue weighted by Crippen LogP contribution is 2.33. The predicted octanol–water partition coefficient (Wildman–Crippen LogP) is 2.37. The molecule has 2 aromatic rings. The number of carbonyl (C=O) groups excluding carboxylic acids is 2. The van der Waals surface area contributed by atoms with Crippen LogP contribution in [0.15, 0.2) is 36.4 Å². The van der Waals surface area contributed by atoms with Crippen LogP contribution in [0, 0.1) is 5.82 Å². The Bertz CT molecular complexity index is 836. The standard InChI is InChI=1S/C19H19FN2O4/c1-25-16-9-12-7-8-22(11-13(12)10-17(16)26-2)19(24)18(23)21-15-5-3-14(20)4-6-15/h3-6,9-10H,7-8,11H2,1-2H3,(H,21,23). The van der Waals surface area contributed by atoms with E-state index >= 15 is 0 Å². The third-order valence-electron chi connectivity index (χ3n) is 4.30. The summed E-state index contributed by atoms with van der Waals surface area (Å²) in [4.78, 5) is 26.1. The fourth-order valence-electron chi connectivity index (χ4n) is 2.92. The Morgan fingerprint density at radius 3 is 2.27 bits per heavy atom. The summed E-state index contributed by atoms with van der Waals surface area (Å²) in [6, 6.07) is 8.97. The normalized spacial score (nSPS) is 13.0. The van der Waals surface area contributed by atoms with Crippen molar-refractivity contribution < 1.29 is 23.5 Å². The van der Waals surface area contributed by atoms with Gasteiger partial charge in [0, 0.05) is 18.8 Å². The number of ether oxygens (including phenoxy) is 2. The molecule has 0 saturated carbocycles. The molecule has 1 aliphatic rings. The van der Waals surface area contributed by atoms with Crippen LogP contribution in [0.5, 0.6) is 11.5 Å². The molecule has 1 heterocycles. The maximum Gasteiger partial charge on any atom is 0.313 e. The van der Waals surface area contributed by atoms with E-state index < -0.39 is 17.6 Å². The minimum atomic E-state index is -0.750. The molecule has 136 valence electrons. The molecular formula is C19H19FN2O4.